The molecule has 1 fully saturated rings. The summed E-state index contributed by atoms with van der Waals surface area (Å²) >= 11 is 0. The molecular formula is C13H19N3O. The maximum absolute atomic E-state index is 12.4. The van der Waals surface area contributed by atoms with Gasteiger partial charge in [-0.1, -0.05) is 12.8 Å². The average molecular weight is 233 g/mol. The zero-order chi connectivity index (χ0) is 12.3. The number of nitrogens with zero attached hydrogens (tertiary/aromatic N) is 3. The van der Waals surface area contributed by atoms with Crippen LogP contribution >= 0.6 is 0 Å². The Hall–Kier alpha value is -1.45. The van der Waals surface area contributed by atoms with Crippen molar-refractivity contribution in [1.29, 1.82) is 0 Å². The third kappa shape index (κ3) is 2.62. The molecule has 92 valence electrons. The Bertz CT molecular complexity index is 405. The zero-order valence-electron chi connectivity index (χ0n) is 10.5. The minimum absolute atomic E-state index is 0.104. The summed E-state index contributed by atoms with van der Waals surface area (Å²) in [6.45, 7) is 4.83. The predicted octanol–water partition coefficient (Wildman–Crippen LogP) is 2.19. The van der Waals surface area contributed by atoms with Crippen LogP contribution in [0.15, 0.2) is 12.3 Å². The van der Waals surface area contributed by atoms with Gasteiger partial charge in [0.25, 0.3) is 5.91 Å². The maximum atomic E-state index is 12.4. The Balaban J connectivity index is 2.21. The summed E-state index contributed by atoms with van der Waals surface area (Å²) < 4.78 is 0. The number of hydrogen-bond acceptors (Lipinski definition) is 3. The van der Waals surface area contributed by atoms with Gasteiger partial charge in [0.2, 0.25) is 0 Å². The van der Waals surface area contributed by atoms with Crippen LogP contribution in [-0.2, 0) is 0 Å². The van der Waals surface area contributed by atoms with Gasteiger partial charge in [-0.05, 0) is 32.8 Å². The van der Waals surface area contributed by atoms with Gasteiger partial charge in [-0.25, -0.2) is 0 Å². The van der Waals surface area contributed by atoms with Crippen LogP contribution in [0.2, 0.25) is 0 Å². The Morgan fingerprint density at radius 1 is 1.41 bits per heavy atom. The van der Waals surface area contributed by atoms with Crippen molar-refractivity contribution in [3.8, 4) is 0 Å². The van der Waals surface area contributed by atoms with Crippen LogP contribution in [0.3, 0.4) is 0 Å². The number of rotatable bonds is 1. The molecule has 0 radical (unpaired) electrons. The van der Waals surface area contributed by atoms with E-state index in [0.717, 1.165) is 19.4 Å². The topological polar surface area (TPSA) is 46.1 Å². The molecule has 1 atom stereocenters. The summed E-state index contributed by atoms with van der Waals surface area (Å²) in [6.07, 6.45) is 6.24. The number of hydrogen-bond donors (Lipinski definition) is 0. The first-order chi connectivity index (χ1) is 8.20. The molecule has 1 aromatic rings. The Morgan fingerprint density at radius 3 is 3.00 bits per heavy atom. The second kappa shape index (κ2) is 5.25. The van der Waals surface area contributed by atoms with Gasteiger partial charge in [-0.2, -0.15) is 10.2 Å². The minimum Gasteiger partial charge on any atom is -0.336 e. The lowest BCUT2D eigenvalue weighted by atomic mass is 10.1. The highest BCUT2D eigenvalue weighted by molar-refractivity contribution is 5.95. The Labute approximate surface area is 102 Å². The Morgan fingerprint density at radius 2 is 2.24 bits per heavy atom. The van der Waals surface area contributed by atoms with E-state index in [0.29, 0.717) is 17.3 Å². The quantitative estimate of drug-likeness (QED) is 0.747. The molecule has 0 saturated carbocycles. The number of aromatic nitrogens is 2. The number of aryl methyl sites for hydroxylation is 1. The first kappa shape index (κ1) is 12.0. The van der Waals surface area contributed by atoms with Gasteiger partial charge in [-0.3, -0.25) is 4.79 Å². The summed E-state index contributed by atoms with van der Waals surface area (Å²) in [7, 11) is 0. The van der Waals surface area contributed by atoms with E-state index in [1.165, 1.54) is 12.8 Å². The highest BCUT2D eigenvalue weighted by Crippen LogP contribution is 2.19. The molecule has 1 unspecified atom stereocenters. The minimum atomic E-state index is 0.104. The molecule has 0 bridgehead atoms. The van der Waals surface area contributed by atoms with E-state index in [1.807, 2.05) is 11.8 Å². The first-order valence-corrected chi connectivity index (χ1v) is 6.29. The van der Waals surface area contributed by atoms with Gasteiger partial charge >= 0.3 is 0 Å². The monoisotopic (exact) mass is 233 g/mol. The van der Waals surface area contributed by atoms with Crippen LogP contribution in [0.25, 0.3) is 0 Å². The lowest BCUT2D eigenvalue weighted by Gasteiger charge is -2.27. The van der Waals surface area contributed by atoms with Crippen LogP contribution in [0.5, 0.6) is 0 Å². The SMILES string of the molecule is Cc1nnccc1C(=O)N1CCCCCC1C. The first-order valence-electron chi connectivity index (χ1n) is 6.29. The van der Waals surface area contributed by atoms with Gasteiger partial charge < -0.3 is 4.90 Å². The summed E-state index contributed by atoms with van der Waals surface area (Å²) in [5.74, 6) is 0.104. The maximum Gasteiger partial charge on any atom is 0.256 e. The standard InChI is InChI=1S/C13H19N3O/c1-10-6-4-3-5-9-16(10)13(17)12-7-8-14-15-11(12)2/h7-8,10H,3-6,9H2,1-2H3. The second-order valence-corrected chi connectivity index (χ2v) is 4.73. The second-order valence-electron chi connectivity index (χ2n) is 4.73. The van der Waals surface area contributed by atoms with Crippen molar-refractivity contribution < 1.29 is 4.79 Å². The Kier molecular flexibility index (Phi) is 3.71. The highest BCUT2D eigenvalue weighted by atomic mass is 16.2. The summed E-state index contributed by atoms with van der Waals surface area (Å²) in [5.41, 5.74) is 1.41. The number of carbonyl (C=O) groups excluding carboxylic acids is 1. The fourth-order valence-corrected chi connectivity index (χ4v) is 2.36. The van der Waals surface area contributed by atoms with Crippen molar-refractivity contribution in [2.24, 2.45) is 0 Å². The van der Waals surface area contributed by atoms with E-state index in [4.69, 9.17) is 0 Å². The van der Waals surface area contributed by atoms with Crippen LogP contribution in [0, 0.1) is 6.92 Å². The molecule has 17 heavy (non-hydrogen) atoms. The highest BCUT2D eigenvalue weighted by Gasteiger charge is 2.24. The molecule has 1 saturated heterocycles. The molecule has 1 aromatic heterocycles. The summed E-state index contributed by atoms with van der Waals surface area (Å²) in [6, 6.07) is 2.10. The van der Waals surface area contributed by atoms with Crippen LogP contribution in [0.4, 0.5) is 0 Å². The van der Waals surface area contributed by atoms with Gasteiger partial charge in [-0.15, -0.1) is 0 Å². The predicted molar refractivity (Wildman–Crippen MR) is 65.7 cm³/mol. The molecule has 2 rings (SSSR count). The molecule has 2 heterocycles. The fraction of sp³-hybridized carbons (Fsp3) is 0.615. The van der Waals surface area contributed by atoms with E-state index >= 15 is 0 Å². The normalized spacial score (nSPS) is 21.1. The van der Waals surface area contributed by atoms with Gasteiger partial charge in [0, 0.05) is 12.6 Å². The van der Waals surface area contributed by atoms with Gasteiger partial charge in [0.05, 0.1) is 17.5 Å². The number of likely N-dealkylation sites (tertiary alicyclic amines) is 1. The zero-order valence-corrected chi connectivity index (χ0v) is 10.5. The third-order valence-electron chi connectivity index (χ3n) is 3.45. The smallest absolute Gasteiger partial charge is 0.256 e. The average Bonchev–Trinajstić information content (AvgIpc) is 2.54. The van der Waals surface area contributed by atoms with Crippen molar-refractivity contribution in [2.75, 3.05) is 6.54 Å². The fourth-order valence-electron chi connectivity index (χ4n) is 2.36. The van der Waals surface area contributed by atoms with Crippen molar-refractivity contribution in [2.45, 2.75) is 45.6 Å². The van der Waals surface area contributed by atoms with Crippen LogP contribution in [-0.4, -0.2) is 33.6 Å². The van der Waals surface area contributed by atoms with E-state index in [9.17, 15) is 4.79 Å². The lowest BCUT2D eigenvalue weighted by Crippen LogP contribution is -2.38. The summed E-state index contributed by atoms with van der Waals surface area (Å²) in [5, 5.41) is 7.74. The molecule has 0 aliphatic carbocycles. The third-order valence-corrected chi connectivity index (χ3v) is 3.45. The van der Waals surface area contributed by atoms with E-state index in [-0.39, 0.29) is 5.91 Å². The largest absolute Gasteiger partial charge is 0.336 e. The molecule has 1 amide bonds. The van der Waals surface area contributed by atoms with Crippen molar-refractivity contribution >= 4 is 5.91 Å². The number of amides is 1. The molecule has 1 aliphatic rings. The molecule has 0 N–H and O–H groups in total. The van der Waals surface area contributed by atoms with Crippen LogP contribution in [0.1, 0.15) is 48.7 Å². The molecule has 0 spiro atoms. The van der Waals surface area contributed by atoms with Crippen molar-refractivity contribution in [3.63, 3.8) is 0 Å². The number of carbonyl (C=O) groups is 1. The molecule has 4 nitrogen and oxygen atoms in total. The molecule has 0 aromatic carbocycles. The van der Waals surface area contributed by atoms with E-state index < -0.39 is 0 Å². The van der Waals surface area contributed by atoms with Gasteiger partial charge in [0.1, 0.15) is 0 Å². The summed E-state index contributed by atoms with van der Waals surface area (Å²) in [4.78, 5) is 14.4. The van der Waals surface area contributed by atoms with E-state index in [2.05, 4.69) is 17.1 Å². The van der Waals surface area contributed by atoms with Crippen molar-refractivity contribution in [1.82, 2.24) is 15.1 Å². The molecule has 4 heteroatoms. The lowest BCUT2D eigenvalue weighted by molar-refractivity contribution is 0.0696. The van der Waals surface area contributed by atoms with Crippen molar-refractivity contribution in [3.05, 3.63) is 23.5 Å². The van der Waals surface area contributed by atoms with E-state index in [1.54, 1.807) is 12.3 Å². The van der Waals surface area contributed by atoms with Crippen LogP contribution < -0.4 is 0 Å². The van der Waals surface area contributed by atoms with Gasteiger partial charge in [0.15, 0.2) is 0 Å². The molecule has 1 aliphatic heterocycles. The molecular weight excluding hydrogens is 214 g/mol.